The van der Waals surface area contributed by atoms with Gasteiger partial charge in [0, 0.05) is 24.9 Å². The van der Waals surface area contributed by atoms with Crippen LogP contribution in [0.5, 0.6) is 0 Å². The molecule has 0 N–H and O–H groups in total. The number of thioether (sulfide) groups is 1. The lowest BCUT2D eigenvalue weighted by atomic mass is 9.75. The molecule has 6 heteroatoms. The SMILES string of the molecule is Cc1cc([N+](=O)[O-])ccc1N=C1SCC2(CC3CCC(C3)C2)N1C. The minimum Gasteiger partial charge on any atom is -0.348 e. The molecule has 0 radical (unpaired) electrons. The van der Waals surface area contributed by atoms with Crippen molar-refractivity contribution in [1.82, 2.24) is 4.90 Å². The fraction of sp³-hybridized carbons (Fsp3) is 0.611. The molecule has 24 heavy (non-hydrogen) atoms. The number of nitro benzene ring substituents is 1. The summed E-state index contributed by atoms with van der Waals surface area (Å²) in [5, 5.41) is 12.0. The third kappa shape index (κ3) is 2.61. The number of aryl methyl sites for hydroxylation is 1. The Balaban J connectivity index is 1.59. The van der Waals surface area contributed by atoms with Crippen molar-refractivity contribution in [3.8, 4) is 0 Å². The summed E-state index contributed by atoms with van der Waals surface area (Å²) in [5.41, 5.74) is 2.10. The maximum atomic E-state index is 10.9. The molecule has 4 rings (SSSR count). The second-order valence-electron chi connectivity index (χ2n) is 7.65. The zero-order valence-electron chi connectivity index (χ0n) is 14.2. The highest BCUT2D eigenvalue weighted by Crippen LogP contribution is 2.52. The van der Waals surface area contributed by atoms with Gasteiger partial charge >= 0.3 is 0 Å². The molecule has 1 heterocycles. The lowest BCUT2D eigenvalue weighted by molar-refractivity contribution is -0.384. The van der Waals surface area contributed by atoms with E-state index in [4.69, 9.17) is 4.99 Å². The van der Waals surface area contributed by atoms with Gasteiger partial charge < -0.3 is 4.90 Å². The average Bonchev–Trinajstić information content (AvgIpc) is 3.03. The second kappa shape index (κ2) is 5.76. The molecule has 1 spiro atoms. The molecule has 1 aromatic carbocycles. The summed E-state index contributed by atoms with van der Waals surface area (Å²) in [6.45, 7) is 1.89. The van der Waals surface area contributed by atoms with Gasteiger partial charge in [0.25, 0.3) is 5.69 Å². The van der Waals surface area contributed by atoms with E-state index in [1.807, 2.05) is 18.7 Å². The van der Waals surface area contributed by atoms with Crippen molar-refractivity contribution in [2.75, 3.05) is 12.8 Å². The Kier molecular flexibility index (Phi) is 3.82. The number of amidine groups is 1. The van der Waals surface area contributed by atoms with Crippen LogP contribution < -0.4 is 0 Å². The molecule has 3 aliphatic rings. The molecule has 3 fully saturated rings. The first kappa shape index (κ1) is 15.9. The van der Waals surface area contributed by atoms with Crippen LogP contribution in [0.1, 0.15) is 37.7 Å². The molecule has 0 amide bonds. The normalized spacial score (nSPS) is 33.6. The number of hydrogen-bond acceptors (Lipinski definition) is 4. The van der Waals surface area contributed by atoms with Gasteiger partial charge in [-0.05, 0) is 49.7 Å². The van der Waals surface area contributed by atoms with Crippen LogP contribution in [0.15, 0.2) is 23.2 Å². The molecule has 1 aliphatic heterocycles. The number of fused-ring (bicyclic) bond motifs is 2. The molecule has 2 aliphatic carbocycles. The molecule has 0 aromatic heterocycles. The standard InChI is InChI=1S/C18H23N3O2S/c1-12-7-15(21(22)23)5-6-16(12)19-17-20(2)18(11-24-17)9-13-3-4-14(8-13)10-18/h5-7,13-14H,3-4,8-11H2,1-2H3. The minimum absolute atomic E-state index is 0.129. The highest BCUT2D eigenvalue weighted by atomic mass is 32.2. The predicted octanol–water partition coefficient (Wildman–Crippen LogP) is 4.52. The van der Waals surface area contributed by atoms with Crippen LogP contribution in [-0.4, -0.2) is 33.3 Å². The maximum Gasteiger partial charge on any atom is 0.269 e. The lowest BCUT2D eigenvalue weighted by Crippen LogP contribution is -2.49. The summed E-state index contributed by atoms with van der Waals surface area (Å²) in [6.07, 6.45) is 6.82. The Bertz CT molecular complexity index is 706. The Morgan fingerprint density at radius 2 is 2.04 bits per heavy atom. The van der Waals surface area contributed by atoms with E-state index in [0.717, 1.165) is 34.0 Å². The van der Waals surface area contributed by atoms with Gasteiger partial charge in [-0.2, -0.15) is 0 Å². The molecule has 1 saturated heterocycles. The van der Waals surface area contributed by atoms with Crippen molar-refractivity contribution in [2.24, 2.45) is 16.8 Å². The summed E-state index contributed by atoms with van der Waals surface area (Å²) >= 11 is 1.84. The van der Waals surface area contributed by atoms with E-state index in [1.165, 1.54) is 32.1 Å². The first-order valence-electron chi connectivity index (χ1n) is 8.67. The van der Waals surface area contributed by atoms with Crippen molar-refractivity contribution >= 4 is 28.3 Å². The number of nitrogens with zero attached hydrogens (tertiary/aromatic N) is 3. The lowest BCUT2D eigenvalue weighted by Gasteiger charge is -2.42. The van der Waals surface area contributed by atoms with E-state index in [2.05, 4.69) is 11.9 Å². The number of nitro groups is 1. The van der Waals surface area contributed by atoms with Crippen LogP contribution >= 0.6 is 11.8 Å². The second-order valence-corrected chi connectivity index (χ2v) is 8.59. The van der Waals surface area contributed by atoms with Crippen LogP contribution in [0.25, 0.3) is 0 Å². The monoisotopic (exact) mass is 345 g/mol. The van der Waals surface area contributed by atoms with Gasteiger partial charge in [-0.25, -0.2) is 4.99 Å². The van der Waals surface area contributed by atoms with E-state index in [9.17, 15) is 10.1 Å². The zero-order valence-corrected chi connectivity index (χ0v) is 15.0. The van der Waals surface area contributed by atoms with Gasteiger partial charge in [-0.3, -0.25) is 10.1 Å². The molecule has 2 atom stereocenters. The number of hydrogen-bond donors (Lipinski definition) is 0. The Labute approximate surface area is 146 Å². The average molecular weight is 345 g/mol. The minimum atomic E-state index is -0.354. The van der Waals surface area contributed by atoms with E-state index in [0.29, 0.717) is 0 Å². The molecule has 1 aromatic rings. The summed E-state index contributed by atoms with van der Waals surface area (Å²) < 4.78 is 0. The molecular weight excluding hydrogens is 322 g/mol. The van der Waals surface area contributed by atoms with E-state index < -0.39 is 0 Å². The molecule has 2 bridgehead atoms. The Hall–Kier alpha value is -1.56. The van der Waals surface area contributed by atoms with Crippen LogP contribution in [0.2, 0.25) is 0 Å². The number of non-ortho nitro benzene ring substituents is 1. The van der Waals surface area contributed by atoms with Gasteiger partial charge in [-0.15, -0.1) is 0 Å². The van der Waals surface area contributed by atoms with Crippen molar-refractivity contribution in [3.63, 3.8) is 0 Å². The van der Waals surface area contributed by atoms with E-state index >= 15 is 0 Å². The van der Waals surface area contributed by atoms with Crippen LogP contribution in [-0.2, 0) is 0 Å². The maximum absolute atomic E-state index is 10.9. The number of benzene rings is 1. The fourth-order valence-corrected chi connectivity index (χ4v) is 6.16. The van der Waals surface area contributed by atoms with Crippen molar-refractivity contribution in [3.05, 3.63) is 33.9 Å². The fourth-order valence-electron chi connectivity index (χ4n) is 4.78. The highest BCUT2D eigenvalue weighted by molar-refractivity contribution is 8.14. The van der Waals surface area contributed by atoms with Gasteiger partial charge in [-0.1, -0.05) is 24.6 Å². The quantitative estimate of drug-likeness (QED) is 0.584. The predicted molar refractivity (Wildman–Crippen MR) is 97.9 cm³/mol. The van der Waals surface area contributed by atoms with Gasteiger partial charge in [0.15, 0.2) is 5.17 Å². The summed E-state index contributed by atoms with van der Waals surface area (Å²) in [6, 6.07) is 4.92. The zero-order chi connectivity index (χ0) is 16.9. The Morgan fingerprint density at radius 1 is 1.33 bits per heavy atom. The first-order chi connectivity index (χ1) is 11.5. The summed E-state index contributed by atoms with van der Waals surface area (Å²) in [4.78, 5) is 17.8. The van der Waals surface area contributed by atoms with Gasteiger partial charge in [0.2, 0.25) is 0 Å². The van der Waals surface area contributed by atoms with Crippen LogP contribution in [0.3, 0.4) is 0 Å². The molecule has 2 saturated carbocycles. The molecule has 128 valence electrons. The van der Waals surface area contributed by atoms with E-state index in [-0.39, 0.29) is 16.1 Å². The molecule has 5 nitrogen and oxygen atoms in total. The highest BCUT2D eigenvalue weighted by Gasteiger charge is 2.50. The largest absolute Gasteiger partial charge is 0.348 e. The first-order valence-corrected chi connectivity index (χ1v) is 9.66. The summed E-state index contributed by atoms with van der Waals surface area (Å²) in [7, 11) is 2.18. The van der Waals surface area contributed by atoms with E-state index in [1.54, 1.807) is 18.2 Å². The third-order valence-corrected chi connectivity index (χ3v) is 7.37. The third-order valence-electron chi connectivity index (χ3n) is 6.06. The smallest absolute Gasteiger partial charge is 0.269 e. The number of rotatable bonds is 2. The van der Waals surface area contributed by atoms with Crippen molar-refractivity contribution in [1.29, 1.82) is 0 Å². The Morgan fingerprint density at radius 3 is 2.67 bits per heavy atom. The summed E-state index contributed by atoms with van der Waals surface area (Å²) in [5.74, 6) is 2.92. The number of aliphatic imine (C=N–C) groups is 1. The topological polar surface area (TPSA) is 58.7 Å². The van der Waals surface area contributed by atoms with Crippen molar-refractivity contribution < 1.29 is 4.92 Å². The van der Waals surface area contributed by atoms with Crippen molar-refractivity contribution in [2.45, 2.75) is 44.6 Å². The van der Waals surface area contributed by atoms with Crippen LogP contribution in [0, 0.1) is 28.9 Å². The van der Waals surface area contributed by atoms with Gasteiger partial charge in [0.1, 0.15) is 0 Å². The molecular formula is C18H23N3O2S. The van der Waals surface area contributed by atoms with Gasteiger partial charge in [0.05, 0.1) is 16.1 Å². The molecule has 2 unspecified atom stereocenters. The van der Waals surface area contributed by atoms with Crippen LogP contribution in [0.4, 0.5) is 11.4 Å².